The number of hydrogen-bond donors (Lipinski definition) is 1. The smallest absolute Gasteiger partial charge is 0.328 e. The Balaban J connectivity index is 2.26. The maximum atomic E-state index is 13.5. The fraction of sp³-hybridized carbons (Fsp3) is 0.0625. The van der Waals surface area contributed by atoms with Crippen LogP contribution in [0.5, 0.6) is 11.5 Å². The highest BCUT2D eigenvalue weighted by Crippen LogP contribution is 2.24. The molecule has 0 heterocycles. The highest BCUT2D eigenvalue weighted by atomic mass is 19.1. The zero-order chi connectivity index (χ0) is 14.5. The number of benzene rings is 2. The Morgan fingerprint density at radius 1 is 1.20 bits per heavy atom. The lowest BCUT2D eigenvalue weighted by molar-refractivity contribution is -0.131. The van der Waals surface area contributed by atoms with Crippen molar-refractivity contribution < 1.29 is 19.0 Å². The number of carboxylic acid groups (broad SMARTS) is 1. The van der Waals surface area contributed by atoms with Crippen molar-refractivity contribution in [3.05, 3.63) is 65.5 Å². The highest BCUT2D eigenvalue weighted by molar-refractivity contribution is 5.85. The van der Waals surface area contributed by atoms with E-state index in [2.05, 4.69) is 0 Å². The molecule has 0 aliphatic rings. The molecule has 0 atom stereocenters. The summed E-state index contributed by atoms with van der Waals surface area (Å²) in [6, 6.07) is 11.4. The van der Waals surface area contributed by atoms with Crippen LogP contribution in [0.3, 0.4) is 0 Å². The van der Waals surface area contributed by atoms with E-state index < -0.39 is 11.8 Å². The molecule has 0 aliphatic carbocycles. The molecule has 102 valence electrons. The van der Waals surface area contributed by atoms with E-state index in [4.69, 9.17) is 9.84 Å². The largest absolute Gasteiger partial charge is 0.478 e. The number of ether oxygens (including phenoxy) is 1. The summed E-state index contributed by atoms with van der Waals surface area (Å²) in [5.74, 6) is -0.653. The van der Waals surface area contributed by atoms with Crippen LogP contribution in [0.2, 0.25) is 0 Å². The maximum absolute atomic E-state index is 13.5. The summed E-state index contributed by atoms with van der Waals surface area (Å²) in [6.07, 6.45) is 2.26. The molecule has 3 nitrogen and oxygen atoms in total. The summed E-state index contributed by atoms with van der Waals surface area (Å²) in [7, 11) is 0. The van der Waals surface area contributed by atoms with Crippen LogP contribution in [0.4, 0.5) is 4.39 Å². The van der Waals surface area contributed by atoms with Gasteiger partial charge in [0.1, 0.15) is 17.3 Å². The molecule has 2 aromatic carbocycles. The summed E-state index contributed by atoms with van der Waals surface area (Å²) in [4.78, 5) is 10.5. The molecule has 0 unspecified atom stereocenters. The summed E-state index contributed by atoms with van der Waals surface area (Å²) in [5, 5.41) is 8.57. The van der Waals surface area contributed by atoms with Gasteiger partial charge >= 0.3 is 5.97 Å². The Bertz CT molecular complexity index is 663. The molecule has 1 N–H and O–H groups in total. The highest BCUT2D eigenvalue weighted by Gasteiger charge is 2.02. The number of aliphatic carboxylic acids is 1. The van der Waals surface area contributed by atoms with Crippen LogP contribution in [0.15, 0.2) is 48.5 Å². The number of carbonyl (C=O) groups is 1. The van der Waals surface area contributed by atoms with Gasteiger partial charge in [0.15, 0.2) is 0 Å². The van der Waals surface area contributed by atoms with Crippen LogP contribution < -0.4 is 4.74 Å². The van der Waals surface area contributed by atoms with E-state index in [0.29, 0.717) is 17.1 Å². The van der Waals surface area contributed by atoms with Gasteiger partial charge in [0.25, 0.3) is 0 Å². The Morgan fingerprint density at radius 2 is 2.00 bits per heavy atom. The first-order chi connectivity index (χ1) is 9.52. The van der Waals surface area contributed by atoms with Crippen LogP contribution in [0.25, 0.3) is 6.08 Å². The molecule has 20 heavy (non-hydrogen) atoms. The van der Waals surface area contributed by atoms with Crippen LogP contribution in [0, 0.1) is 12.7 Å². The number of carboxylic acids is 1. The zero-order valence-corrected chi connectivity index (χ0v) is 10.8. The maximum Gasteiger partial charge on any atom is 0.328 e. The fourth-order valence-electron chi connectivity index (χ4n) is 1.72. The van der Waals surface area contributed by atoms with Gasteiger partial charge in [-0.3, -0.25) is 0 Å². The predicted molar refractivity (Wildman–Crippen MR) is 74.3 cm³/mol. The minimum absolute atomic E-state index is 0.320. The van der Waals surface area contributed by atoms with E-state index in [9.17, 15) is 9.18 Å². The number of rotatable bonds is 4. The third-order valence-corrected chi connectivity index (χ3v) is 2.54. The van der Waals surface area contributed by atoms with Crippen molar-refractivity contribution in [2.24, 2.45) is 0 Å². The Kier molecular flexibility index (Phi) is 4.15. The molecule has 0 aliphatic heterocycles. The van der Waals surface area contributed by atoms with Gasteiger partial charge < -0.3 is 9.84 Å². The summed E-state index contributed by atoms with van der Waals surface area (Å²) in [6.45, 7) is 1.93. The van der Waals surface area contributed by atoms with Gasteiger partial charge in [0.2, 0.25) is 0 Å². The molecule has 0 amide bonds. The molecule has 0 saturated heterocycles. The van der Waals surface area contributed by atoms with Crippen LogP contribution >= 0.6 is 0 Å². The minimum Gasteiger partial charge on any atom is -0.478 e. The second kappa shape index (κ2) is 6.02. The van der Waals surface area contributed by atoms with Crippen molar-refractivity contribution in [2.45, 2.75) is 6.92 Å². The van der Waals surface area contributed by atoms with Crippen molar-refractivity contribution in [3.63, 3.8) is 0 Å². The summed E-state index contributed by atoms with van der Waals surface area (Å²) < 4.78 is 19.0. The van der Waals surface area contributed by atoms with Gasteiger partial charge in [-0.05, 0) is 48.4 Å². The van der Waals surface area contributed by atoms with Crippen molar-refractivity contribution in [2.75, 3.05) is 0 Å². The quantitative estimate of drug-likeness (QED) is 0.855. The van der Waals surface area contributed by atoms with Gasteiger partial charge in [0, 0.05) is 12.1 Å². The van der Waals surface area contributed by atoms with E-state index in [1.807, 2.05) is 25.1 Å². The molecule has 4 heteroatoms. The summed E-state index contributed by atoms with van der Waals surface area (Å²) >= 11 is 0. The molecule has 0 fully saturated rings. The van der Waals surface area contributed by atoms with Gasteiger partial charge in [-0.1, -0.05) is 12.1 Å². The Morgan fingerprint density at radius 3 is 2.70 bits per heavy atom. The summed E-state index contributed by atoms with van der Waals surface area (Å²) in [5.41, 5.74) is 1.46. The first-order valence-corrected chi connectivity index (χ1v) is 5.99. The second-order valence-electron chi connectivity index (χ2n) is 4.31. The van der Waals surface area contributed by atoms with Crippen molar-refractivity contribution in [1.82, 2.24) is 0 Å². The number of hydrogen-bond acceptors (Lipinski definition) is 2. The third-order valence-electron chi connectivity index (χ3n) is 2.54. The van der Waals surface area contributed by atoms with Gasteiger partial charge in [-0.2, -0.15) is 0 Å². The lowest BCUT2D eigenvalue weighted by Gasteiger charge is -2.07. The second-order valence-corrected chi connectivity index (χ2v) is 4.31. The SMILES string of the molecule is Cc1cccc(Oc2cc(F)cc(/C=C/C(=O)O)c2)c1. The minimum atomic E-state index is -1.09. The van der Waals surface area contributed by atoms with Crippen LogP contribution in [0.1, 0.15) is 11.1 Å². The third kappa shape index (κ3) is 3.95. The molecule has 2 rings (SSSR count). The topological polar surface area (TPSA) is 46.5 Å². The van der Waals surface area contributed by atoms with E-state index in [0.717, 1.165) is 11.6 Å². The molecular weight excluding hydrogens is 259 g/mol. The Labute approximate surface area is 115 Å². The van der Waals surface area contributed by atoms with E-state index >= 15 is 0 Å². The average Bonchev–Trinajstić information content (AvgIpc) is 2.35. The van der Waals surface area contributed by atoms with Gasteiger partial charge in [0.05, 0.1) is 0 Å². The lowest BCUT2D eigenvalue weighted by Crippen LogP contribution is -1.89. The molecule has 0 radical (unpaired) electrons. The first kappa shape index (κ1) is 13.8. The molecular formula is C16H13FO3. The molecule has 0 saturated carbocycles. The van der Waals surface area contributed by atoms with E-state index in [-0.39, 0.29) is 0 Å². The predicted octanol–water partition coefficient (Wildman–Crippen LogP) is 4.02. The van der Waals surface area contributed by atoms with E-state index in [1.54, 1.807) is 12.1 Å². The zero-order valence-electron chi connectivity index (χ0n) is 10.8. The number of halogens is 1. The van der Waals surface area contributed by atoms with Crippen molar-refractivity contribution in [1.29, 1.82) is 0 Å². The van der Waals surface area contributed by atoms with Crippen LogP contribution in [-0.4, -0.2) is 11.1 Å². The van der Waals surface area contributed by atoms with Gasteiger partial charge in [-0.25, -0.2) is 9.18 Å². The number of aryl methyl sites for hydroxylation is 1. The first-order valence-electron chi connectivity index (χ1n) is 5.99. The van der Waals surface area contributed by atoms with Crippen LogP contribution in [-0.2, 0) is 4.79 Å². The molecule has 0 aromatic heterocycles. The fourth-order valence-corrected chi connectivity index (χ4v) is 1.72. The molecule has 2 aromatic rings. The standard InChI is InChI=1S/C16H13FO3/c1-11-3-2-4-14(7-11)20-15-9-12(5-6-16(18)19)8-13(17)10-15/h2-10H,1H3,(H,18,19)/b6-5+. The molecule has 0 spiro atoms. The molecule has 0 bridgehead atoms. The lowest BCUT2D eigenvalue weighted by atomic mass is 10.2. The van der Waals surface area contributed by atoms with E-state index in [1.165, 1.54) is 18.2 Å². The van der Waals surface area contributed by atoms with Crippen molar-refractivity contribution in [3.8, 4) is 11.5 Å². The average molecular weight is 272 g/mol. The van der Waals surface area contributed by atoms with Gasteiger partial charge in [-0.15, -0.1) is 0 Å². The monoisotopic (exact) mass is 272 g/mol. The normalized spacial score (nSPS) is 10.7. The Hall–Kier alpha value is -2.62. The van der Waals surface area contributed by atoms with Crippen molar-refractivity contribution >= 4 is 12.0 Å².